The van der Waals surface area contributed by atoms with E-state index in [9.17, 15) is 4.39 Å². The highest BCUT2D eigenvalue weighted by Gasteiger charge is 2.07. The third-order valence-electron chi connectivity index (χ3n) is 3.26. The second-order valence-corrected chi connectivity index (χ2v) is 5.06. The Morgan fingerprint density at radius 1 is 1.30 bits per heavy atom. The summed E-state index contributed by atoms with van der Waals surface area (Å²) in [5.74, 6) is 0.762. The molecular weight excluding hydrogens is 255 g/mol. The molecule has 0 aliphatic heterocycles. The van der Waals surface area contributed by atoms with Crippen LogP contribution >= 0.6 is 0 Å². The van der Waals surface area contributed by atoms with Crippen LogP contribution in [0.2, 0.25) is 0 Å². The third-order valence-corrected chi connectivity index (χ3v) is 3.26. The molecule has 108 valence electrons. The van der Waals surface area contributed by atoms with Gasteiger partial charge in [0.05, 0.1) is 12.3 Å². The van der Waals surface area contributed by atoms with Crippen molar-refractivity contribution in [2.75, 3.05) is 20.1 Å². The van der Waals surface area contributed by atoms with E-state index in [1.807, 2.05) is 25.2 Å². The summed E-state index contributed by atoms with van der Waals surface area (Å²) in [5.41, 5.74) is 0.992. The molecule has 3 nitrogen and oxygen atoms in total. The highest BCUT2D eigenvalue weighted by molar-refractivity contribution is 5.16. The van der Waals surface area contributed by atoms with Gasteiger partial charge in [0.1, 0.15) is 11.6 Å². The van der Waals surface area contributed by atoms with Gasteiger partial charge in [0.25, 0.3) is 0 Å². The minimum atomic E-state index is -0.180. The predicted molar refractivity (Wildman–Crippen MR) is 77.9 cm³/mol. The van der Waals surface area contributed by atoms with Crippen LogP contribution in [0.5, 0.6) is 0 Å². The number of likely N-dealkylation sites (N-methyl/N-ethyl adjacent to an activating group) is 1. The Bertz CT molecular complexity index is 513. The second kappa shape index (κ2) is 7.22. The minimum absolute atomic E-state index is 0.180. The third kappa shape index (κ3) is 4.47. The summed E-state index contributed by atoms with van der Waals surface area (Å²) in [6, 6.07) is 10.8. The van der Waals surface area contributed by atoms with Gasteiger partial charge in [0.15, 0.2) is 0 Å². The van der Waals surface area contributed by atoms with Gasteiger partial charge in [-0.15, -0.1) is 0 Å². The van der Waals surface area contributed by atoms with Crippen LogP contribution in [0, 0.1) is 5.82 Å². The van der Waals surface area contributed by atoms with Crippen molar-refractivity contribution in [3.8, 4) is 0 Å². The zero-order valence-electron chi connectivity index (χ0n) is 12.0. The first kappa shape index (κ1) is 14.8. The van der Waals surface area contributed by atoms with Crippen LogP contribution in [0.3, 0.4) is 0 Å². The molecular formula is C16H21FN2O. The number of hydrogen-bond acceptors (Lipinski definition) is 3. The summed E-state index contributed by atoms with van der Waals surface area (Å²) < 4.78 is 18.4. The van der Waals surface area contributed by atoms with Crippen molar-refractivity contribution < 1.29 is 8.81 Å². The van der Waals surface area contributed by atoms with Gasteiger partial charge < -0.3 is 14.6 Å². The number of furan rings is 1. The Labute approximate surface area is 119 Å². The van der Waals surface area contributed by atoms with E-state index in [1.54, 1.807) is 18.4 Å². The first-order valence-electron chi connectivity index (χ1n) is 6.85. The van der Waals surface area contributed by atoms with E-state index >= 15 is 0 Å². The molecule has 1 N–H and O–H groups in total. The van der Waals surface area contributed by atoms with Gasteiger partial charge in [0, 0.05) is 19.6 Å². The number of rotatable bonds is 7. The van der Waals surface area contributed by atoms with Crippen molar-refractivity contribution in [3.05, 3.63) is 59.8 Å². The van der Waals surface area contributed by atoms with E-state index in [4.69, 9.17) is 4.42 Å². The number of nitrogens with zero attached hydrogens (tertiary/aromatic N) is 1. The molecule has 0 bridgehead atoms. The highest BCUT2D eigenvalue weighted by Crippen LogP contribution is 2.11. The zero-order valence-corrected chi connectivity index (χ0v) is 12.0. The van der Waals surface area contributed by atoms with Crippen molar-refractivity contribution in [3.63, 3.8) is 0 Å². The molecule has 0 amide bonds. The highest BCUT2D eigenvalue weighted by atomic mass is 19.1. The Kier molecular flexibility index (Phi) is 5.32. The maximum Gasteiger partial charge on any atom is 0.123 e. The molecule has 2 rings (SSSR count). The number of benzene rings is 1. The van der Waals surface area contributed by atoms with Crippen LogP contribution in [0.15, 0.2) is 47.1 Å². The van der Waals surface area contributed by atoms with Crippen LogP contribution < -0.4 is 5.32 Å². The molecule has 1 unspecified atom stereocenters. The van der Waals surface area contributed by atoms with Crippen molar-refractivity contribution in [1.29, 1.82) is 0 Å². The maximum atomic E-state index is 13.1. The lowest BCUT2D eigenvalue weighted by Crippen LogP contribution is -2.30. The van der Waals surface area contributed by atoms with Crippen LogP contribution in [0.1, 0.15) is 24.3 Å². The average Bonchev–Trinajstić information content (AvgIpc) is 2.92. The Morgan fingerprint density at radius 2 is 2.15 bits per heavy atom. The van der Waals surface area contributed by atoms with Crippen LogP contribution in [0.25, 0.3) is 0 Å². The lowest BCUT2D eigenvalue weighted by Gasteiger charge is -2.18. The van der Waals surface area contributed by atoms with E-state index in [2.05, 4.69) is 17.1 Å². The Morgan fingerprint density at radius 3 is 2.85 bits per heavy atom. The quantitative estimate of drug-likeness (QED) is 0.842. The first-order valence-corrected chi connectivity index (χ1v) is 6.85. The van der Waals surface area contributed by atoms with Crippen molar-refractivity contribution >= 4 is 0 Å². The number of hydrogen-bond donors (Lipinski definition) is 1. The number of nitrogens with one attached hydrogen (secondary N) is 1. The normalized spacial score (nSPS) is 12.8. The smallest absolute Gasteiger partial charge is 0.123 e. The van der Waals surface area contributed by atoms with E-state index in [0.717, 1.165) is 31.0 Å². The zero-order chi connectivity index (χ0) is 14.4. The van der Waals surface area contributed by atoms with E-state index < -0.39 is 0 Å². The fourth-order valence-electron chi connectivity index (χ4n) is 2.14. The van der Waals surface area contributed by atoms with Gasteiger partial charge in [-0.25, -0.2) is 4.39 Å². The first-order chi connectivity index (χ1) is 9.65. The molecule has 0 spiro atoms. The summed E-state index contributed by atoms with van der Waals surface area (Å²) in [6.07, 6.45) is 1.68. The molecule has 1 aromatic carbocycles. The summed E-state index contributed by atoms with van der Waals surface area (Å²) in [4.78, 5) is 2.16. The monoisotopic (exact) mass is 276 g/mol. The van der Waals surface area contributed by atoms with Crippen molar-refractivity contribution in [2.45, 2.75) is 19.5 Å². The fourth-order valence-corrected chi connectivity index (χ4v) is 2.14. The molecule has 0 aliphatic rings. The van der Waals surface area contributed by atoms with Crippen molar-refractivity contribution in [2.24, 2.45) is 0 Å². The molecule has 1 aromatic heterocycles. The molecule has 1 heterocycles. The molecule has 2 aromatic rings. The van der Waals surface area contributed by atoms with Crippen LogP contribution in [0.4, 0.5) is 4.39 Å². The van der Waals surface area contributed by atoms with Crippen molar-refractivity contribution in [1.82, 2.24) is 10.2 Å². The van der Waals surface area contributed by atoms with Gasteiger partial charge in [-0.3, -0.25) is 0 Å². The molecule has 0 fully saturated rings. The molecule has 0 aliphatic carbocycles. The predicted octanol–water partition coefficient (Wildman–Crippen LogP) is 3.20. The second-order valence-electron chi connectivity index (χ2n) is 5.06. The average molecular weight is 276 g/mol. The molecule has 4 heteroatoms. The topological polar surface area (TPSA) is 28.4 Å². The van der Waals surface area contributed by atoms with E-state index in [1.165, 1.54) is 6.07 Å². The molecule has 0 saturated carbocycles. The summed E-state index contributed by atoms with van der Waals surface area (Å²) in [6.45, 7) is 4.56. The Hall–Kier alpha value is -1.65. The number of halogens is 1. The van der Waals surface area contributed by atoms with Crippen LogP contribution in [-0.2, 0) is 6.54 Å². The summed E-state index contributed by atoms with van der Waals surface area (Å²) in [5, 5.41) is 3.40. The Balaban J connectivity index is 1.71. The van der Waals surface area contributed by atoms with E-state index in [0.29, 0.717) is 0 Å². The molecule has 20 heavy (non-hydrogen) atoms. The SMILES string of the molecule is CC(NCCN(C)Cc1cccc(F)c1)c1ccco1. The minimum Gasteiger partial charge on any atom is -0.468 e. The molecule has 1 atom stereocenters. The standard InChI is InChI=1S/C16H21FN2O/c1-13(16-7-4-10-20-16)18-8-9-19(2)12-14-5-3-6-15(17)11-14/h3-7,10-11,13,18H,8-9,12H2,1-2H3. The fraction of sp³-hybridized carbons (Fsp3) is 0.375. The molecule has 0 radical (unpaired) electrons. The lowest BCUT2D eigenvalue weighted by molar-refractivity contribution is 0.313. The molecule has 0 saturated heterocycles. The largest absolute Gasteiger partial charge is 0.468 e. The van der Waals surface area contributed by atoms with Gasteiger partial charge in [-0.2, -0.15) is 0 Å². The van der Waals surface area contributed by atoms with Gasteiger partial charge in [-0.05, 0) is 43.8 Å². The summed E-state index contributed by atoms with van der Waals surface area (Å²) >= 11 is 0. The van der Waals surface area contributed by atoms with Gasteiger partial charge >= 0.3 is 0 Å². The van der Waals surface area contributed by atoms with Gasteiger partial charge in [-0.1, -0.05) is 12.1 Å². The maximum absolute atomic E-state index is 13.1. The van der Waals surface area contributed by atoms with Gasteiger partial charge in [0.2, 0.25) is 0 Å². The van der Waals surface area contributed by atoms with Crippen LogP contribution in [-0.4, -0.2) is 25.0 Å². The lowest BCUT2D eigenvalue weighted by atomic mass is 10.2. The summed E-state index contributed by atoms with van der Waals surface area (Å²) in [7, 11) is 2.03. The van der Waals surface area contributed by atoms with E-state index in [-0.39, 0.29) is 11.9 Å².